The highest BCUT2D eigenvalue weighted by atomic mass is 16.5. The largest absolute Gasteiger partial charge is 0.466 e. The predicted molar refractivity (Wildman–Crippen MR) is 68.8 cm³/mol. The van der Waals surface area contributed by atoms with Gasteiger partial charge in [0.05, 0.1) is 13.0 Å². The third-order valence-corrected chi connectivity index (χ3v) is 3.32. The minimum absolute atomic E-state index is 0.0850. The molecular weight excluding hydrogens is 212 g/mol. The molecular formula is C15H18O2. The molecule has 0 saturated carbocycles. The Labute approximate surface area is 102 Å². The van der Waals surface area contributed by atoms with E-state index in [4.69, 9.17) is 4.74 Å². The summed E-state index contributed by atoms with van der Waals surface area (Å²) in [7, 11) is 0. The van der Waals surface area contributed by atoms with Gasteiger partial charge in [-0.15, -0.1) is 0 Å². The molecule has 0 aliphatic heterocycles. The second kappa shape index (κ2) is 5.17. The Morgan fingerprint density at radius 3 is 3.12 bits per heavy atom. The summed E-state index contributed by atoms with van der Waals surface area (Å²) < 4.78 is 5.01. The molecule has 2 nitrogen and oxygen atoms in total. The quantitative estimate of drug-likeness (QED) is 0.742. The molecule has 1 atom stereocenters. The monoisotopic (exact) mass is 230 g/mol. The number of esters is 1. The number of carbonyl (C=O) groups excluding carboxylic acids is 1. The van der Waals surface area contributed by atoms with Crippen LogP contribution in [0.25, 0.3) is 6.08 Å². The Morgan fingerprint density at radius 1 is 1.59 bits per heavy atom. The summed E-state index contributed by atoms with van der Waals surface area (Å²) in [6.45, 7) is 6.08. The zero-order valence-corrected chi connectivity index (χ0v) is 10.2. The van der Waals surface area contributed by atoms with Crippen LogP contribution >= 0.6 is 0 Å². The lowest BCUT2D eigenvalue weighted by Crippen LogP contribution is -2.08. The Kier molecular flexibility index (Phi) is 3.62. The molecule has 0 aromatic heterocycles. The highest BCUT2D eigenvalue weighted by Crippen LogP contribution is 2.36. The predicted octanol–water partition coefficient (Wildman–Crippen LogP) is 3.31. The molecule has 17 heavy (non-hydrogen) atoms. The standard InChI is InChI=1S/C15H18O2/c1-3-11-5-8-14-12(9-11)6-7-13(14)10-15(16)17-4-2/h3,5,8-9,13H,1,4,6-7,10H2,2H3. The summed E-state index contributed by atoms with van der Waals surface area (Å²) in [5.41, 5.74) is 3.82. The molecule has 0 radical (unpaired) electrons. The van der Waals surface area contributed by atoms with Crippen molar-refractivity contribution in [2.75, 3.05) is 6.61 Å². The summed E-state index contributed by atoms with van der Waals surface area (Å²) in [4.78, 5) is 11.5. The van der Waals surface area contributed by atoms with E-state index >= 15 is 0 Å². The van der Waals surface area contributed by atoms with Crippen molar-refractivity contribution in [3.8, 4) is 0 Å². The van der Waals surface area contributed by atoms with Crippen LogP contribution in [0.2, 0.25) is 0 Å². The molecule has 1 aromatic rings. The zero-order valence-electron chi connectivity index (χ0n) is 10.2. The van der Waals surface area contributed by atoms with Gasteiger partial charge in [0.2, 0.25) is 0 Å². The molecule has 0 bridgehead atoms. The number of benzene rings is 1. The van der Waals surface area contributed by atoms with Crippen molar-refractivity contribution >= 4 is 12.0 Å². The molecule has 0 fully saturated rings. The van der Waals surface area contributed by atoms with Crippen molar-refractivity contribution in [3.63, 3.8) is 0 Å². The maximum Gasteiger partial charge on any atom is 0.306 e. The molecule has 0 heterocycles. The molecule has 0 amide bonds. The van der Waals surface area contributed by atoms with Crippen molar-refractivity contribution in [2.24, 2.45) is 0 Å². The van der Waals surface area contributed by atoms with Crippen LogP contribution in [0.3, 0.4) is 0 Å². The SMILES string of the molecule is C=Cc1ccc2c(c1)CCC2CC(=O)OCC. The van der Waals surface area contributed by atoms with Crippen LogP contribution in [0.15, 0.2) is 24.8 Å². The first-order chi connectivity index (χ1) is 8.24. The van der Waals surface area contributed by atoms with Crippen LogP contribution in [0.1, 0.15) is 42.4 Å². The first-order valence-electron chi connectivity index (χ1n) is 6.15. The number of ether oxygens (including phenoxy) is 1. The fourth-order valence-corrected chi connectivity index (χ4v) is 2.49. The van der Waals surface area contributed by atoms with Crippen LogP contribution in [-0.2, 0) is 16.0 Å². The summed E-state index contributed by atoms with van der Waals surface area (Å²) >= 11 is 0. The van der Waals surface area contributed by atoms with E-state index in [0.717, 1.165) is 18.4 Å². The van der Waals surface area contributed by atoms with Crippen molar-refractivity contribution in [2.45, 2.75) is 32.1 Å². The average molecular weight is 230 g/mol. The van der Waals surface area contributed by atoms with Gasteiger partial charge in [0, 0.05) is 0 Å². The fourth-order valence-electron chi connectivity index (χ4n) is 2.49. The fraction of sp³-hybridized carbons (Fsp3) is 0.400. The Morgan fingerprint density at radius 2 is 2.41 bits per heavy atom. The normalized spacial score (nSPS) is 17.6. The maximum atomic E-state index is 11.5. The van der Waals surface area contributed by atoms with E-state index in [1.54, 1.807) is 0 Å². The zero-order chi connectivity index (χ0) is 12.3. The van der Waals surface area contributed by atoms with Crippen molar-refractivity contribution in [3.05, 3.63) is 41.5 Å². The molecule has 1 aromatic carbocycles. The number of carbonyl (C=O) groups is 1. The highest BCUT2D eigenvalue weighted by Gasteiger charge is 2.25. The van der Waals surface area contributed by atoms with Crippen LogP contribution in [0.5, 0.6) is 0 Å². The van der Waals surface area contributed by atoms with E-state index in [1.165, 1.54) is 11.1 Å². The van der Waals surface area contributed by atoms with Gasteiger partial charge in [-0.1, -0.05) is 30.9 Å². The third kappa shape index (κ3) is 2.57. The minimum Gasteiger partial charge on any atom is -0.466 e. The van der Waals surface area contributed by atoms with E-state index in [1.807, 2.05) is 13.0 Å². The van der Waals surface area contributed by atoms with Gasteiger partial charge in [-0.2, -0.15) is 0 Å². The molecule has 0 spiro atoms. The van der Waals surface area contributed by atoms with Gasteiger partial charge in [0.25, 0.3) is 0 Å². The minimum atomic E-state index is -0.0850. The molecule has 90 valence electrons. The van der Waals surface area contributed by atoms with E-state index in [0.29, 0.717) is 18.9 Å². The molecule has 1 unspecified atom stereocenters. The van der Waals surface area contributed by atoms with Gasteiger partial charge < -0.3 is 4.74 Å². The Bertz CT molecular complexity index is 435. The van der Waals surface area contributed by atoms with E-state index in [9.17, 15) is 4.79 Å². The van der Waals surface area contributed by atoms with Crippen LogP contribution in [0, 0.1) is 0 Å². The number of hydrogen-bond acceptors (Lipinski definition) is 2. The van der Waals surface area contributed by atoms with Gasteiger partial charge in [-0.05, 0) is 42.4 Å². The highest BCUT2D eigenvalue weighted by molar-refractivity contribution is 5.71. The smallest absolute Gasteiger partial charge is 0.306 e. The lowest BCUT2D eigenvalue weighted by Gasteiger charge is -2.10. The van der Waals surface area contributed by atoms with Gasteiger partial charge in [0.1, 0.15) is 0 Å². The average Bonchev–Trinajstić information content (AvgIpc) is 2.72. The molecule has 1 aliphatic rings. The molecule has 2 rings (SSSR count). The van der Waals surface area contributed by atoms with Crippen molar-refractivity contribution in [1.29, 1.82) is 0 Å². The lowest BCUT2D eigenvalue weighted by molar-refractivity contribution is -0.143. The van der Waals surface area contributed by atoms with Crippen molar-refractivity contribution < 1.29 is 9.53 Å². The van der Waals surface area contributed by atoms with E-state index in [-0.39, 0.29) is 5.97 Å². The first kappa shape index (κ1) is 11.9. The number of rotatable bonds is 4. The summed E-state index contributed by atoms with van der Waals surface area (Å²) in [5.74, 6) is 0.251. The molecule has 2 heteroatoms. The van der Waals surface area contributed by atoms with E-state index in [2.05, 4.69) is 24.8 Å². The van der Waals surface area contributed by atoms with Crippen molar-refractivity contribution in [1.82, 2.24) is 0 Å². The Balaban J connectivity index is 2.11. The Hall–Kier alpha value is -1.57. The van der Waals surface area contributed by atoms with Crippen LogP contribution < -0.4 is 0 Å². The van der Waals surface area contributed by atoms with E-state index < -0.39 is 0 Å². The number of aryl methyl sites for hydroxylation is 1. The number of fused-ring (bicyclic) bond motifs is 1. The molecule has 1 aliphatic carbocycles. The van der Waals surface area contributed by atoms with Crippen LogP contribution in [-0.4, -0.2) is 12.6 Å². The molecule has 0 saturated heterocycles. The third-order valence-electron chi connectivity index (χ3n) is 3.32. The summed E-state index contributed by atoms with van der Waals surface area (Å²) in [6, 6.07) is 6.37. The first-order valence-corrected chi connectivity index (χ1v) is 6.15. The lowest BCUT2D eigenvalue weighted by atomic mass is 9.97. The molecule has 0 N–H and O–H groups in total. The maximum absolute atomic E-state index is 11.5. The second-order valence-corrected chi connectivity index (χ2v) is 4.41. The summed E-state index contributed by atoms with van der Waals surface area (Å²) in [5, 5.41) is 0. The topological polar surface area (TPSA) is 26.3 Å². The van der Waals surface area contributed by atoms with Gasteiger partial charge in [0.15, 0.2) is 0 Å². The van der Waals surface area contributed by atoms with Gasteiger partial charge >= 0.3 is 5.97 Å². The van der Waals surface area contributed by atoms with Gasteiger partial charge in [-0.3, -0.25) is 4.79 Å². The second-order valence-electron chi connectivity index (χ2n) is 4.41. The summed E-state index contributed by atoms with van der Waals surface area (Å²) in [6.07, 6.45) is 4.48. The van der Waals surface area contributed by atoms with Gasteiger partial charge in [-0.25, -0.2) is 0 Å². The van der Waals surface area contributed by atoms with Crippen LogP contribution in [0.4, 0.5) is 0 Å². The number of hydrogen-bond donors (Lipinski definition) is 0.